The van der Waals surface area contributed by atoms with Crippen LogP contribution in [0.25, 0.3) is 0 Å². The van der Waals surface area contributed by atoms with Crippen molar-refractivity contribution >= 4 is 5.91 Å². The molecule has 1 saturated carbocycles. The number of carbonyl (C=O) groups is 1. The molecule has 1 aliphatic heterocycles. The molecule has 2 rings (SSSR count). The van der Waals surface area contributed by atoms with Crippen molar-refractivity contribution in [3.05, 3.63) is 0 Å². The fraction of sp³-hybridized carbons (Fsp3) is 0.857. The quantitative estimate of drug-likeness (QED) is 0.578. The second-order valence-corrected chi connectivity index (χ2v) is 3.53. The summed E-state index contributed by atoms with van der Waals surface area (Å²) in [6.45, 7) is 0.210. The van der Waals surface area contributed by atoms with Crippen LogP contribution in [-0.2, 0) is 9.53 Å². The van der Waals surface area contributed by atoms with Crippen molar-refractivity contribution in [3.63, 3.8) is 0 Å². The normalized spacial score (nSPS) is 31.0. The Hall–Kier alpha value is -0.710. The first-order valence-corrected chi connectivity index (χ1v) is 3.78. The summed E-state index contributed by atoms with van der Waals surface area (Å²) in [5, 5.41) is 2.54. The van der Waals surface area contributed by atoms with Gasteiger partial charge in [-0.25, -0.2) is 8.78 Å². The van der Waals surface area contributed by atoms with E-state index in [1.54, 1.807) is 0 Å². The maximum absolute atomic E-state index is 12.5. The number of ether oxygens (including phenoxy) is 1. The molecule has 1 aliphatic carbocycles. The molecular formula is C7H9F2NO2. The molecule has 2 fully saturated rings. The summed E-state index contributed by atoms with van der Waals surface area (Å²) >= 11 is 0. The first kappa shape index (κ1) is 7.91. The molecule has 0 aromatic rings. The molecule has 0 bridgehead atoms. The third-order valence-corrected chi connectivity index (χ3v) is 2.21. The summed E-state index contributed by atoms with van der Waals surface area (Å²) in [5.74, 6) is -2.91. The number of halogens is 2. The Kier molecular flexibility index (Phi) is 1.42. The van der Waals surface area contributed by atoms with Crippen molar-refractivity contribution in [2.75, 3.05) is 13.2 Å². The lowest BCUT2D eigenvalue weighted by atomic mass is 9.73. The summed E-state index contributed by atoms with van der Waals surface area (Å²) in [5.41, 5.74) is -0.765. The van der Waals surface area contributed by atoms with Gasteiger partial charge in [-0.15, -0.1) is 0 Å². The van der Waals surface area contributed by atoms with Gasteiger partial charge in [0.15, 0.2) is 0 Å². The lowest BCUT2D eigenvalue weighted by molar-refractivity contribution is -0.176. The molecule has 0 radical (unpaired) electrons. The average molecular weight is 177 g/mol. The number of hydrogen-bond donors (Lipinski definition) is 1. The van der Waals surface area contributed by atoms with Gasteiger partial charge in [-0.3, -0.25) is 4.79 Å². The van der Waals surface area contributed by atoms with Crippen LogP contribution in [0.4, 0.5) is 8.78 Å². The third kappa shape index (κ3) is 1.18. The molecule has 0 aromatic carbocycles. The molecular weight excluding hydrogens is 168 g/mol. The molecule has 1 saturated heterocycles. The van der Waals surface area contributed by atoms with E-state index in [1.807, 2.05) is 0 Å². The van der Waals surface area contributed by atoms with Crippen molar-refractivity contribution in [3.8, 4) is 0 Å². The highest BCUT2D eigenvalue weighted by Gasteiger charge is 2.58. The van der Waals surface area contributed by atoms with Crippen LogP contribution < -0.4 is 5.32 Å². The standard InChI is InChI=1S/C7H9F2NO2/c8-7(9)2-6(3-7)4-12-1-5(11)10-6/h1-4H2,(H,10,11). The van der Waals surface area contributed by atoms with E-state index in [4.69, 9.17) is 4.74 Å². The van der Waals surface area contributed by atoms with Gasteiger partial charge in [0.25, 0.3) is 5.92 Å². The van der Waals surface area contributed by atoms with Gasteiger partial charge in [0, 0.05) is 12.8 Å². The Morgan fingerprint density at radius 2 is 2.08 bits per heavy atom. The fourth-order valence-electron chi connectivity index (χ4n) is 1.84. The van der Waals surface area contributed by atoms with E-state index in [0.717, 1.165) is 0 Å². The first-order valence-electron chi connectivity index (χ1n) is 3.78. The number of nitrogens with one attached hydrogen (secondary N) is 1. The molecule has 5 heteroatoms. The maximum Gasteiger partial charge on any atom is 0.252 e. The third-order valence-electron chi connectivity index (χ3n) is 2.21. The number of amides is 1. The molecule has 1 spiro atoms. The van der Waals surface area contributed by atoms with E-state index in [2.05, 4.69) is 5.32 Å². The van der Waals surface area contributed by atoms with Gasteiger partial charge in [0.1, 0.15) is 6.61 Å². The zero-order valence-corrected chi connectivity index (χ0v) is 6.40. The Balaban J connectivity index is 2.01. The number of rotatable bonds is 0. The molecule has 1 heterocycles. The van der Waals surface area contributed by atoms with E-state index in [9.17, 15) is 13.6 Å². The zero-order valence-electron chi connectivity index (χ0n) is 6.40. The summed E-state index contributed by atoms with van der Waals surface area (Å²) in [4.78, 5) is 10.8. The van der Waals surface area contributed by atoms with Crippen LogP contribution >= 0.6 is 0 Å². The fourth-order valence-corrected chi connectivity index (χ4v) is 1.84. The predicted octanol–water partition coefficient (Wildman–Crippen LogP) is 0.301. The lowest BCUT2D eigenvalue weighted by Gasteiger charge is -2.49. The maximum atomic E-state index is 12.5. The molecule has 0 atom stereocenters. The molecule has 3 nitrogen and oxygen atoms in total. The van der Waals surface area contributed by atoms with Gasteiger partial charge in [-0.1, -0.05) is 0 Å². The molecule has 1 amide bonds. The molecule has 2 aliphatic rings. The smallest absolute Gasteiger partial charge is 0.252 e. The monoisotopic (exact) mass is 177 g/mol. The number of carbonyl (C=O) groups excluding carboxylic acids is 1. The van der Waals surface area contributed by atoms with E-state index >= 15 is 0 Å². The van der Waals surface area contributed by atoms with Crippen LogP contribution in [0.15, 0.2) is 0 Å². The van der Waals surface area contributed by atoms with Gasteiger partial charge >= 0.3 is 0 Å². The van der Waals surface area contributed by atoms with E-state index in [1.165, 1.54) is 0 Å². The van der Waals surface area contributed by atoms with Gasteiger partial charge in [-0.2, -0.15) is 0 Å². The van der Waals surface area contributed by atoms with Crippen LogP contribution in [0.2, 0.25) is 0 Å². The Morgan fingerprint density at radius 3 is 2.58 bits per heavy atom. The lowest BCUT2D eigenvalue weighted by Crippen LogP contribution is -2.67. The second kappa shape index (κ2) is 2.16. The van der Waals surface area contributed by atoms with Crippen LogP contribution in [-0.4, -0.2) is 30.6 Å². The summed E-state index contributed by atoms with van der Waals surface area (Å²) < 4.78 is 29.9. The zero-order chi connectivity index (χ0) is 8.82. The highest BCUT2D eigenvalue weighted by atomic mass is 19.3. The summed E-state index contributed by atoms with van der Waals surface area (Å²) in [6, 6.07) is 0. The highest BCUT2D eigenvalue weighted by Crippen LogP contribution is 2.46. The molecule has 0 unspecified atom stereocenters. The minimum Gasteiger partial charge on any atom is -0.369 e. The van der Waals surface area contributed by atoms with Gasteiger partial charge in [-0.05, 0) is 0 Å². The van der Waals surface area contributed by atoms with Crippen molar-refractivity contribution < 1.29 is 18.3 Å². The molecule has 1 N–H and O–H groups in total. The van der Waals surface area contributed by atoms with E-state index < -0.39 is 11.5 Å². The highest BCUT2D eigenvalue weighted by molar-refractivity contribution is 5.79. The van der Waals surface area contributed by atoms with Gasteiger partial charge in [0.2, 0.25) is 5.91 Å². The van der Waals surface area contributed by atoms with Crippen LogP contribution in [0.5, 0.6) is 0 Å². The second-order valence-electron chi connectivity index (χ2n) is 3.53. The number of morpholine rings is 1. The van der Waals surface area contributed by atoms with Gasteiger partial charge in [0.05, 0.1) is 12.1 Å². The minimum absolute atomic E-state index is 0.00663. The number of hydrogen-bond acceptors (Lipinski definition) is 2. The van der Waals surface area contributed by atoms with Crippen molar-refractivity contribution in [2.24, 2.45) is 0 Å². The SMILES string of the molecule is O=C1COCC2(CC(F)(F)C2)N1. The first-order chi connectivity index (χ1) is 5.52. The minimum atomic E-state index is -2.62. The van der Waals surface area contributed by atoms with Crippen molar-refractivity contribution in [1.82, 2.24) is 5.32 Å². The largest absolute Gasteiger partial charge is 0.369 e. The number of alkyl halides is 2. The Bertz CT molecular complexity index is 221. The van der Waals surface area contributed by atoms with Crippen molar-refractivity contribution in [1.29, 1.82) is 0 Å². The van der Waals surface area contributed by atoms with Gasteiger partial charge < -0.3 is 10.1 Å². The topological polar surface area (TPSA) is 38.3 Å². The van der Waals surface area contributed by atoms with Crippen LogP contribution in [0.3, 0.4) is 0 Å². The molecule has 68 valence electrons. The van der Waals surface area contributed by atoms with E-state index in [0.29, 0.717) is 0 Å². The Labute approximate surface area is 68.1 Å². The predicted molar refractivity (Wildman–Crippen MR) is 35.9 cm³/mol. The van der Waals surface area contributed by atoms with Crippen LogP contribution in [0.1, 0.15) is 12.8 Å². The average Bonchev–Trinajstić information content (AvgIpc) is 1.81. The molecule has 12 heavy (non-hydrogen) atoms. The summed E-state index contributed by atoms with van der Waals surface area (Å²) in [6.07, 6.45) is -0.572. The summed E-state index contributed by atoms with van der Waals surface area (Å²) in [7, 11) is 0. The van der Waals surface area contributed by atoms with Crippen LogP contribution in [0, 0.1) is 0 Å². The van der Waals surface area contributed by atoms with Crippen molar-refractivity contribution in [2.45, 2.75) is 24.3 Å². The Morgan fingerprint density at radius 1 is 1.42 bits per heavy atom. The van der Waals surface area contributed by atoms with E-state index in [-0.39, 0.29) is 32.0 Å². The molecule has 0 aromatic heterocycles.